The quantitative estimate of drug-likeness (QED) is 0.753. The highest BCUT2D eigenvalue weighted by Crippen LogP contribution is 2.31. The third-order valence-corrected chi connectivity index (χ3v) is 2.83. The molecule has 1 saturated heterocycles. The van der Waals surface area contributed by atoms with Gasteiger partial charge in [-0.3, -0.25) is 0 Å². The Morgan fingerprint density at radius 1 is 1.47 bits per heavy atom. The van der Waals surface area contributed by atoms with Crippen LogP contribution in [0.2, 0.25) is 0 Å². The Hall–Kier alpha value is -1.40. The number of benzene rings is 1. The topological polar surface area (TPSA) is 58.7 Å². The highest BCUT2D eigenvalue weighted by molar-refractivity contribution is 5.69. The Balaban J connectivity index is 2.41. The van der Waals surface area contributed by atoms with Crippen LogP contribution in [0, 0.1) is 11.6 Å². The van der Waals surface area contributed by atoms with Crippen molar-refractivity contribution in [2.45, 2.75) is 6.04 Å². The molecular weight excluding hydrogens is 230 g/mol. The Morgan fingerprint density at radius 3 is 2.94 bits per heavy atom. The molecule has 1 fully saturated rings. The SMILES string of the molecule is Nc1ccc(F)c(F)c1N1CCOCC1CO. The summed E-state index contributed by atoms with van der Waals surface area (Å²) in [5, 5.41) is 9.20. The van der Waals surface area contributed by atoms with Crippen molar-refractivity contribution in [1.82, 2.24) is 0 Å². The zero-order valence-electron chi connectivity index (χ0n) is 9.20. The number of halogens is 2. The van der Waals surface area contributed by atoms with Gasteiger partial charge in [-0.05, 0) is 12.1 Å². The second-order valence-electron chi connectivity index (χ2n) is 3.90. The molecule has 2 rings (SSSR count). The second kappa shape index (κ2) is 4.85. The molecule has 1 heterocycles. The highest BCUT2D eigenvalue weighted by Gasteiger charge is 2.27. The number of rotatable bonds is 2. The van der Waals surface area contributed by atoms with Crippen molar-refractivity contribution < 1.29 is 18.6 Å². The van der Waals surface area contributed by atoms with Gasteiger partial charge >= 0.3 is 0 Å². The maximum atomic E-state index is 13.7. The van der Waals surface area contributed by atoms with Crippen LogP contribution >= 0.6 is 0 Å². The molecule has 17 heavy (non-hydrogen) atoms. The summed E-state index contributed by atoms with van der Waals surface area (Å²) in [4.78, 5) is 1.55. The average Bonchev–Trinajstić information content (AvgIpc) is 2.35. The van der Waals surface area contributed by atoms with Gasteiger partial charge in [-0.25, -0.2) is 8.78 Å². The minimum absolute atomic E-state index is 0.00681. The number of hydrogen-bond donors (Lipinski definition) is 2. The lowest BCUT2D eigenvalue weighted by Gasteiger charge is -2.37. The molecule has 0 saturated carbocycles. The maximum absolute atomic E-state index is 13.7. The number of ether oxygens (including phenoxy) is 1. The van der Waals surface area contributed by atoms with Gasteiger partial charge in [0.25, 0.3) is 0 Å². The van der Waals surface area contributed by atoms with Crippen molar-refractivity contribution in [3.63, 3.8) is 0 Å². The molecule has 0 aliphatic carbocycles. The zero-order valence-corrected chi connectivity index (χ0v) is 9.20. The predicted octanol–water partition coefficient (Wildman–Crippen LogP) is 0.744. The normalized spacial score (nSPS) is 20.6. The van der Waals surface area contributed by atoms with Crippen molar-refractivity contribution in [3.05, 3.63) is 23.8 Å². The van der Waals surface area contributed by atoms with Gasteiger partial charge in [-0.15, -0.1) is 0 Å². The van der Waals surface area contributed by atoms with Crippen LogP contribution in [0.3, 0.4) is 0 Å². The van der Waals surface area contributed by atoms with Crippen LogP contribution in [0.4, 0.5) is 20.2 Å². The van der Waals surface area contributed by atoms with E-state index in [0.717, 1.165) is 6.07 Å². The molecule has 0 amide bonds. The summed E-state index contributed by atoms with van der Waals surface area (Å²) in [6, 6.07) is 1.91. The van der Waals surface area contributed by atoms with Gasteiger partial charge in [0.15, 0.2) is 11.6 Å². The second-order valence-corrected chi connectivity index (χ2v) is 3.90. The fourth-order valence-corrected chi connectivity index (χ4v) is 1.95. The predicted molar refractivity (Wildman–Crippen MR) is 59.8 cm³/mol. The zero-order chi connectivity index (χ0) is 12.4. The first-order valence-corrected chi connectivity index (χ1v) is 5.34. The fourth-order valence-electron chi connectivity index (χ4n) is 1.95. The van der Waals surface area contributed by atoms with Crippen LogP contribution in [-0.2, 0) is 4.74 Å². The summed E-state index contributed by atoms with van der Waals surface area (Å²) in [6.07, 6.45) is 0. The molecule has 94 valence electrons. The van der Waals surface area contributed by atoms with Crippen molar-refractivity contribution in [2.75, 3.05) is 37.0 Å². The first kappa shape index (κ1) is 12.1. The molecule has 6 heteroatoms. The van der Waals surface area contributed by atoms with Crippen molar-refractivity contribution in [2.24, 2.45) is 0 Å². The van der Waals surface area contributed by atoms with E-state index >= 15 is 0 Å². The number of nitrogens with two attached hydrogens (primary N) is 1. The third-order valence-electron chi connectivity index (χ3n) is 2.83. The van der Waals surface area contributed by atoms with Gasteiger partial charge in [0, 0.05) is 6.54 Å². The number of aliphatic hydroxyl groups is 1. The minimum Gasteiger partial charge on any atom is -0.397 e. The van der Waals surface area contributed by atoms with Gasteiger partial charge in [0.2, 0.25) is 0 Å². The van der Waals surface area contributed by atoms with E-state index in [9.17, 15) is 13.9 Å². The van der Waals surface area contributed by atoms with E-state index in [2.05, 4.69) is 0 Å². The van der Waals surface area contributed by atoms with E-state index in [1.807, 2.05) is 0 Å². The average molecular weight is 244 g/mol. The molecule has 1 aliphatic rings. The molecule has 1 aromatic carbocycles. The van der Waals surface area contributed by atoms with E-state index in [-0.39, 0.29) is 24.6 Å². The summed E-state index contributed by atoms with van der Waals surface area (Å²) in [7, 11) is 0. The lowest BCUT2D eigenvalue weighted by molar-refractivity contribution is 0.0723. The molecule has 1 unspecified atom stereocenters. The fraction of sp³-hybridized carbons (Fsp3) is 0.455. The summed E-state index contributed by atoms with van der Waals surface area (Å²) in [5.41, 5.74) is 5.83. The molecule has 0 radical (unpaired) electrons. The van der Waals surface area contributed by atoms with E-state index in [1.165, 1.54) is 6.07 Å². The number of nitrogens with zero attached hydrogens (tertiary/aromatic N) is 1. The summed E-state index contributed by atoms with van der Waals surface area (Å²) >= 11 is 0. The van der Waals surface area contributed by atoms with Gasteiger partial charge in [-0.1, -0.05) is 0 Å². The number of nitrogen functional groups attached to an aromatic ring is 1. The van der Waals surface area contributed by atoms with E-state index in [0.29, 0.717) is 13.2 Å². The van der Waals surface area contributed by atoms with Gasteiger partial charge < -0.3 is 20.5 Å². The minimum atomic E-state index is -0.981. The molecule has 0 spiro atoms. The van der Waals surface area contributed by atoms with Crippen molar-refractivity contribution in [3.8, 4) is 0 Å². The molecule has 1 aromatic rings. The van der Waals surface area contributed by atoms with Crippen LogP contribution in [0.25, 0.3) is 0 Å². The van der Waals surface area contributed by atoms with Gasteiger partial charge in [-0.2, -0.15) is 0 Å². The lowest BCUT2D eigenvalue weighted by atomic mass is 10.1. The number of morpholine rings is 1. The number of anilines is 2. The van der Waals surface area contributed by atoms with Crippen LogP contribution < -0.4 is 10.6 Å². The van der Waals surface area contributed by atoms with Crippen LogP contribution in [0.5, 0.6) is 0 Å². The molecule has 0 bridgehead atoms. The maximum Gasteiger partial charge on any atom is 0.184 e. The Labute approximate surface area is 97.6 Å². The highest BCUT2D eigenvalue weighted by atomic mass is 19.2. The summed E-state index contributed by atoms with van der Waals surface area (Å²) < 4.78 is 32.1. The lowest BCUT2D eigenvalue weighted by Crippen LogP contribution is -2.48. The Bertz CT molecular complexity index is 415. The summed E-state index contributed by atoms with van der Waals surface area (Å²) in [5.74, 6) is -1.93. The molecule has 4 nitrogen and oxygen atoms in total. The van der Waals surface area contributed by atoms with Crippen LogP contribution in [0.15, 0.2) is 12.1 Å². The molecule has 0 aromatic heterocycles. The first-order valence-electron chi connectivity index (χ1n) is 5.34. The largest absolute Gasteiger partial charge is 0.397 e. The molecule has 3 N–H and O–H groups in total. The summed E-state index contributed by atoms with van der Waals surface area (Å²) in [6.45, 7) is 0.836. The monoisotopic (exact) mass is 244 g/mol. The molecular formula is C11H14F2N2O2. The van der Waals surface area contributed by atoms with Crippen molar-refractivity contribution >= 4 is 11.4 Å². The Kier molecular flexibility index (Phi) is 3.44. The van der Waals surface area contributed by atoms with Gasteiger partial charge in [0.1, 0.15) is 0 Å². The molecule has 1 aliphatic heterocycles. The Morgan fingerprint density at radius 2 is 2.24 bits per heavy atom. The van der Waals surface area contributed by atoms with E-state index in [4.69, 9.17) is 10.5 Å². The van der Waals surface area contributed by atoms with E-state index < -0.39 is 17.7 Å². The van der Waals surface area contributed by atoms with E-state index in [1.54, 1.807) is 4.90 Å². The third kappa shape index (κ3) is 2.18. The smallest absolute Gasteiger partial charge is 0.184 e. The van der Waals surface area contributed by atoms with Gasteiger partial charge in [0.05, 0.1) is 37.2 Å². The number of hydrogen-bond acceptors (Lipinski definition) is 4. The standard InChI is InChI=1S/C11H14F2N2O2/c12-8-1-2-9(14)11(10(8)13)15-3-4-17-6-7(15)5-16/h1-2,7,16H,3-6,14H2. The first-order chi connectivity index (χ1) is 8.15. The van der Waals surface area contributed by atoms with Crippen LogP contribution in [0.1, 0.15) is 0 Å². The molecule has 1 atom stereocenters. The van der Waals surface area contributed by atoms with Crippen molar-refractivity contribution in [1.29, 1.82) is 0 Å². The number of aliphatic hydroxyl groups excluding tert-OH is 1. The van der Waals surface area contributed by atoms with Crippen LogP contribution in [-0.4, -0.2) is 37.5 Å².